The summed E-state index contributed by atoms with van der Waals surface area (Å²) in [5.41, 5.74) is 5.26. The predicted molar refractivity (Wildman–Crippen MR) is 148 cm³/mol. The number of rotatable bonds is 10. The van der Waals surface area contributed by atoms with E-state index in [0.717, 1.165) is 49.2 Å². The lowest BCUT2D eigenvalue weighted by atomic mass is 9.82. The monoisotopic (exact) mass is 520 g/mol. The van der Waals surface area contributed by atoms with Crippen LogP contribution in [0.15, 0.2) is 54.3 Å². The van der Waals surface area contributed by atoms with Gasteiger partial charge < -0.3 is 19.7 Å². The molecule has 0 fully saturated rings. The molecule has 204 valence electrons. The molecule has 1 aromatic carbocycles. The van der Waals surface area contributed by atoms with Gasteiger partial charge in [0, 0.05) is 30.8 Å². The van der Waals surface area contributed by atoms with Crippen molar-refractivity contribution in [3.8, 4) is 11.6 Å². The molecule has 0 saturated heterocycles. The first-order valence-electron chi connectivity index (χ1n) is 13.6. The Labute approximate surface area is 225 Å². The number of allylic oxidation sites excluding steroid dienone is 1. The summed E-state index contributed by atoms with van der Waals surface area (Å²) in [6.07, 6.45) is 8.05. The van der Waals surface area contributed by atoms with Crippen LogP contribution < -0.4 is 9.47 Å². The number of carboxylic acids is 1. The van der Waals surface area contributed by atoms with Crippen LogP contribution in [0.4, 0.5) is 0 Å². The van der Waals surface area contributed by atoms with E-state index in [1.54, 1.807) is 13.3 Å². The average molecular weight is 521 g/mol. The average Bonchev–Trinajstić information content (AvgIpc) is 2.94. The van der Waals surface area contributed by atoms with Gasteiger partial charge in [-0.15, -0.1) is 0 Å². The number of ether oxygens (including phenoxy) is 2. The zero-order valence-electron chi connectivity index (χ0n) is 23.1. The minimum Gasteiger partial charge on any atom is -0.490 e. The quantitative estimate of drug-likeness (QED) is 0.439. The van der Waals surface area contributed by atoms with Gasteiger partial charge in [0.05, 0.1) is 19.1 Å². The van der Waals surface area contributed by atoms with E-state index in [1.807, 2.05) is 30.3 Å². The molecule has 2 N–H and O–H groups in total. The molecule has 0 spiro atoms. The van der Waals surface area contributed by atoms with E-state index >= 15 is 0 Å². The van der Waals surface area contributed by atoms with Crippen LogP contribution in [0.2, 0.25) is 0 Å². The van der Waals surface area contributed by atoms with E-state index in [2.05, 4.69) is 42.8 Å². The van der Waals surface area contributed by atoms with E-state index in [-0.39, 0.29) is 12.0 Å². The molecule has 2 aliphatic rings. The van der Waals surface area contributed by atoms with Crippen molar-refractivity contribution in [2.45, 2.75) is 65.2 Å². The molecule has 2 aromatic rings. The molecular formula is C31H40N2O5. The molecule has 1 aromatic heterocycles. The Morgan fingerprint density at radius 3 is 2.71 bits per heavy atom. The Balaban J connectivity index is 1.60. The highest BCUT2D eigenvalue weighted by Crippen LogP contribution is 2.39. The van der Waals surface area contributed by atoms with Gasteiger partial charge in [-0.2, -0.15) is 0 Å². The van der Waals surface area contributed by atoms with Gasteiger partial charge in [0.15, 0.2) is 0 Å². The standard InChI is InChI=1S/C31H40N2O5/c1-6-33(19(2)3)18-25-15-23(9-11-26(25)22-13-14-32-29(17-22)37-5)27-12-10-21-7-8-24(16-28(21)38-27)30(34)20(4)31(35)36/h7-8,11,13-17,19-20,23,27,30,34H,6,9-10,12,18H2,1-5H3,(H,35,36)/t20-,23?,27?,30+/m0/s1. The number of benzene rings is 1. The Kier molecular flexibility index (Phi) is 8.90. The molecule has 4 rings (SSSR count). The number of aliphatic hydroxyl groups is 1. The van der Waals surface area contributed by atoms with Gasteiger partial charge in [0.2, 0.25) is 5.88 Å². The molecule has 7 nitrogen and oxygen atoms in total. The van der Waals surface area contributed by atoms with Gasteiger partial charge in [0.25, 0.3) is 0 Å². The molecular weight excluding hydrogens is 480 g/mol. The smallest absolute Gasteiger partial charge is 0.309 e. The maximum absolute atomic E-state index is 11.4. The van der Waals surface area contributed by atoms with Crippen LogP contribution in [0.1, 0.15) is 63.3 Å². The van der Waals surface area contributed by atoms with Crippen LogP contribution in [-0.2, 0) is 11.2 Å². The number of carbonyl (C=O) groups is 1. The van der Waals surface area contributed by atoms with E-state index in [1.165, 1.54) is 18.1 Å². The third-order valence-corrected chi connectivity index (χ3v) is 7.87. The van der Waals surface area contributed by atoms with E-state index in [4.69, 9.17) is 9.47 Å². The van der Waals surface area contributed by atoms with Gasteiger partial charge in [-0.25, -0.2) is 4.98 Å². The number of carboxylic acid groups (broad SMARTS) is 1. The topological polar surface area (TPSA) is 92.1 Å². The summed E-state index contributed by atoms with van der Waals surface area (Å²) in [5.74, 6) is -0.359. The molecule has 0 amide bonds. The highest BCUT2D eigenvalue weighted by atomic mass is 16.5. The summed E-state index contributed by atoms with van der Waals surface area (Å²) in [5, 5.41) is 19.9. The molecule has 1 aliphatic heterocycles. The SMILES string of the molecule is CCN(CC1=CC(C2CCc3ccc([C@H](O)[C@H](C)C(=O)O)cc3O2)CC=C1c1ccnc(OC)c1)C(C)C. The minimum atomic E-state index is -1.08. The minimum absolute atomic E-state index is 0.000641. The highest BCUT2D eigenvalue weighted by Gasteiger charge is 2.31. The number of aromatic nitrogens is 1. The first-order valence-corrected chi connectivity index (χ1v) is 13.6. The normalized spacial score (nSPS) is 20.7. The molecule has 4 atom stereocenters. The van der Waals surface area contributed by atoms with Crippen molar-refractivity contribution < 1.29 is 24.5 Å². The van der Waals surface area contributed by atoms with Crippen LogP contribution in [-0.4, -0.2) is 58.4 Å². The Bertz CT molecular complexity index is 1200. The van der Waals surface area contributed by atoms with E-state index < -0.39 is 18.0 Å². The summed E-state index contributed by atoms with van der Waals surface area (Å²) < 4.78 is 11.9. The van der Waals surface area contributed by atoms with E-state index in [9.17, 15) is 15.0 Å². The second-order valence-electron chi connectivity index (χ2n) is 10.6. The lowest BCUT2D eigenvalue weighted by molar-refractivity contribution is -0.145. The fourth-order valence-electron chi connectivity index (χ4n) is 5.38. The van der Waals surface area contributed by atoms with Gasteiger partial charge in [-0.3, -0.25) is 9.69 Å². The fraction of sp³-hybridized carbons (Fsp3) is 0.484. The number of aliphatic carboxylic acids is 1. The number of fused-ring (bicyclic) bond motifs is 1. The lowest BCUT2D eigenvalue weighted by Crippen LogP contribution is -2.35. The summed E-state index contributed by atoms with van der Waals surface area (Å²) in [4.78, 5) is 18.1. The zero-order valence-corrected chi connectivity index (χ0v) is 23.1. The fourth-order valence-corrected chi connectivity index (χ4v) is 5.38. The molecule has 7 heteroatoms. The van der Waals surface area contributed by atoms with Gasteiger partial charge in [0.1, 0.15) is 11.9 Å². The Morgan fingerprint density at radius 1 is 1.24 bits per heavy atom. The maximum atomic E-state index is 11.4. The number of likely N-dealkylation sites (N-methyl/N-ethyl adjacent to an activating group) is 1. The first-order chi connectivity index (χ1) is 18.2. The predicted octanol–water partition coefficient (Wildman–Crippen LogP) is 5.30. The van der Waals surface area contributed by atoms with E-state index in [0.29, 0.717) is 17.5 Å². The third-order valence-electron chi connectivity index (χ3n) is 7.87. The number of nitrogens with zero attached hydrogens (tertiary/aromatic N) is 2. The number of hydrogen-bond acceptors (Lipinski definition) is 6. The molecule has 2 unspecified atom stereocenters. The molecule has 0 bridgehead atoms. The van der Waals surface area contributed by atoms with Crippen molar-refractivity contribution >= 4 is 11.5 Å². The largest absolute Gasteiger partial charge is 0.490 e. The number of hydrogen-bond donors (Lipinski definition) is 2. The second-order valence-corrected chi connectivity index (χ2v) is 10.6. The first kappa shape index (κ1) is 27.9. The summed E-state index contributed by atoms with van der Waals surface area (Å²) in [6.45, 7) is 9.96. The van der Waals surface area contributed by atoms with Gasteiger partial charge >= 0.3 is 5.97 Å². The molecule has 38 heavy (non-hydrogen) atoms. The van der Waals surface area contributed by atoms with Gasteiger partial charge in [-0.1, -0.05) is 31.2 Å². The van der Waals surface area contributed by atoms with Crippen molar-refractivity contribution in [3.63, 3.8) is 0 Å². The summed E-state index contributed by atoms with van der Waals surface area (Å²) in [7, 11) is 1.64. The maximum Gasteiger partial charge on any atom is 0.309 e. The van der Waals surface area contributed by atoms with Crippen molar-refractivity contribution in [2.24, 2.45) is 11.8 Å². The molecule has 0 radical (unpaired) electrons. The highest BCUT2D eigenvalue weighted by molar-refractivity contribution is 5.80. The number of pyridine rings is 1. The van der Waals surface area contributed by atoms with Gasteiger partial charge in [-0.05, 0) is 86.5 Å². The van der Waals surface area contributed by atoms with Crippen molar-refractivity contribution in [2.75, 3.05) is 20.2 Å². The molecule has 1 aliphatic carbocycles. The lowest BCUT2D eigenvalue weighted by Gasteiger charge is -2.35. The second kappa shape index (κ2) is 12.1. The van der Waals surface area contributed by atoms with Crippen LogP contribution in [0.3, 0.4) is 0 Å². The van der Waals surface area contributed by atoms with Crippen LogP contribution >= 0.6 is 0 Å². The van der Waals surface area contributed by atoms with Crippen molar-refractivity contribution in [1.29, 1.82) is 0 Å². The zero-order chi connectivity index (χ0) is 27.4. The molecule has 0 saturated carbocycles. The Hall–Kier alpha value is -3.16. The summed E-state index contributed by atoms with van der Waals surface area (Å²) in [6, 6.07) is 10.0. The van der Waals surface area contributed by atoms with Crippen LogP contribution in [0.5, 0.6) is 11.6 Å². The van der Waals surface area contributed by atoms with Crippen LogP contribution in [0.25, 0.3) is 5.57 Å². The Morgan fingerprint density at radius 2 is 2.03 bits per heavy atom. The summed E-state index contributed by atoms with van der Waals surface area (Å²) >= 11 is 0. The van der Waals surface area contributed by atoms with Crippen molar-refractivity contribution in [3.05, 3.63) is 70.9 Å². The third kappa shape index (κ3) is 6.11. The van der Waals surface area contributed by atoms with Crippen LogP contribution in [0, 0.1) is 11.8 Å². The number of methoxy groups -OCH3 is 1. The van der Waals surface area contributed by atoms with Crippen molar-refractivity contribution in [1.82, 2.24) is 9.88 Å². The number of aliphatic hydroxyl groups excluding tert-OH is 1. The molecule has 2 heterocycles. The number of aryl methyl sites for hydroxylation is 1.